The molecule has 2 heterocycles. The molecule has 1 saturated heterocycles. The zero-order valence-corrected chi connectivity index (χ0v) is 12.1. The number of carbonyl (C=O) groups is 3. The highest BCUT2D eigenvalue weighted by molar-refractivity contribution is 6.09. The molecule has 0 aromatic heterocycles. The van der Waals surface area contributed by atoms with Crippen LogP contribution in [0.5, 0.6) is 11.5 Å². The number of amides is 4. The molecule has 1 aromatic carbocycles. The number of fused-ring (bicyclic) bond motifs is 1. The second-order valence-corrected chi connectivity index (χ2v) is 5.27. The number of imide groups is 1. The number of benzene rings is 1. The Morgan fingerprint density at radius 2 is 2.09 bits per heavy atom. The molecule has 116 valence electrons. The second kappa shape index (κ2) is 4.90. The SMILES string of the molecule is CCC1(C)NC(=O)N(NC(=O)c2ccc3c(c2)OCO3)C1=O. The van der Waals surface area contributed by atoms with Crippen molar-refractivity contribution in [2.75, 3.05) is 6.79 Å². The van der Waals surface area contributed by atoms with Crippen molar-refractivity contribution in [3.05, 3.63) is 23.8 Å². The standard InChI is InChI=1S/C14H15N3O5/c1-3-14(2)12(19)17(13(20)15-14)16-11(18)8-4-5-9-10(6-8)22-7-21-9/h4-6H,3,7H2,1-2H3,(H,15,20)(H,16,18). The van der Waals surface area contributed by atoms with Crippen LogP contribution in [0.4, 0.5) is 4.79 Å². The van der Waals surface area contributed by atoms with Gasteiger partial charge in [-0.2, -0.15) is 5.01 Å². The Labute approximate surface area is 126 Å². The van der Waals surface area contributed by atoms with Crippen LogP contribution in [0, 0.1) is 0 Å². The minimum absolute atomic E-state index is 0.0995. The summed E-state index contributed by atoms with van der Waals surface area (Å²) in [4.78, 5) is 36.3. The minimum atomic E-state index is -1.00. The summed E-state index contributed by atoms with van der Waals surface area (Å²) in [7, 11) is 0. The van der Waals surface area contributed by atoms with Crippen molar-refractivity contribution >= 4 is 17.8 Å². The molecule has 2 aliphatic heterocycles. The highest BCUT2D eigenvalue weighted by atomic mass is 16.7. The highest BCUT2D eigenvalue weighted by Crippen LogP contribution is 2.32. The van der Waals surface area contributed by atoms with Gasteiger partial charge in [-0.1, -0.05) is 6.92 Å². The van der Waals surface area contributed by atoms with Gasteiger partial charge in [0.1, 0.15) is 5.54 Å². The Hall–Kier alpha value is -2.77. The van der Waals surface area contributed by atoms with Crippen molar-refractivity contribution in [1.29, 1.82) is 0 Å². The van der Waals surface area contributed by atoms with E-state index in [4.69, 9.17) is 9.47 Å². The largest absolute Gasteiger partial charge is 0.454 e. The molecule has 2 aliphatic rings. The van der Waals surface area contributed by atoms with E-state index in [1.807, 2.05) is 0 Å². The van der Waals surface area contributed by atoms with E-state index >= 15 is 0 Å². The van der Waals surface area contributed by atoms with Gasteiger partial charge in [-0.15, -0.1) is 0 Å². The lowest BCUT2D eigenvalue weighted by Gasteiger charge is -2.19. The molecule has 0 radical (unpaired) electrons. The highest BCUT2D eigenvalue weighted by Gasteiger charge is 2.47. The van der Waals surface area contributed by atoms with Crippen molar-refractivity contribution in [3.63, 3.8) is 0 Å². The first-order chi connectivity index (χ1) is 10.4. The fourth-order valence-corrected chi connectivity index (χ4v) is 2.23. The van der Waals surface area contributed by atoms with E-state index in [9.17, 15) is 14.4 Å². The molecule has 1 atom stereocenters. The average molecular weight is 305 g/mol. The van der Waals surface area contributed by atoms with Gasteiger partial charge in [0.2, 0.25) is 6.79 Å². The smallest absolute Gasteiger partial charge is 0.344 e. The van der Waals surface area contributed by atoms with E-state index in [2.05, 4.69) is 10.7 Å². The monoisotopic (exact) mass is 305 g/mol. The summed E-state index contributed by atoms with van der Waals surface area (Å²) in [5.41, 5.74) is 1.57. The number of hydrogen-bond acceptors (Lipinski definition) is 5. The van der Waals surface area contributed by atoms with E-state index < -0.39 is 23.4 Å². The molecule has 0 aliphatic carbocycles. The van der Waals surface area contributed by atoms with Crippen molar-refractivity contribution in [3.8, 4) is 11.5 Å². The normalized spacial score (nSPS) is 22.7. The first kappa shape index (κ1) is 14.2. The van der Waals surface area contributed by atoms with E-state index in [1.54, 1.807) is 19.9 Å². The fourth-order valence-electron chi connectivity index (χ4n) is 2.23. The van der Waals surface area contributed by atoms with E-state index in [0.29, 0.717) is 22.9 Å². The van der Waals surface area contributed by atoms with E-state index in [-0.39, 0.29) is 12.4 Å². The predicted octanol–water partition coefficient (Wildman–Crippen LogP) is 0.781. The summed E-state index contributed by atoms with van der Waals surface area (Å²) in [6.07, 6.45) is 0.425. The summed E-state index contributed by atoms with van der Waals surface area (Å²) in [5, 5.41) is 3.26. The van der Waals surface area contributed by atoms with Gasteiger partial charge in [0.05, 0.1) is 0 Å². The van der Waals surface area contributed by atoms with Gasteiger partial charge in [-0.3, -0.25) is 15.0 Å². The molecule has 1 fully saturated rings. The summed E-state index contributed by atoms with van der Waals surface area (Å²) < 4.78 is 10.3. The lowest BCUT2D eigenvalue weighted by Crippen LogP contribution is -2.48. The van der Waals surface area contributed by atoms with Gasteiger partial charge >= 0.3 is 6.03 Å². The number of hydrogen-bond donors (Lipinski definition) is 2. The van der Waals surface area contributed by atoms with Crippen LogP contribution in [0.15, 0.2) is 18.2 Å². The first-order valence-corrected chi connectivity index (χ1v) is 6.82. The van der Waals surface area contributed by atoms with Crippen molar-refractivity contribution in [2.24, 2.45) is 0 Å². The van der Waals surface area contributed by atoms with Crippen molar-refractivity contribution < 1.29 is 23.9 Å². The molecule has 8 nitrogen and oxygen atoms in total. The third-order valence-corrected chi connectivity index (χ3v) is 3.82. The van der Waals surface area contributed by atoms with Crippen LogP contribution in [-0.2, 0) is 4.79 Å². The molecule has 0 saturated carbocycles. The molecule has 0 spiro atoms. The van der Waals surface area contributed by atoms with Crippen molar-refractivity contribution in [2.45, 2.75) is 25.8 Å². The first-order valence-electron chi connectivity index (χ1n) is 6.82. The molecule has 4 amide bonds. The van der Waals surface area contributed by atoms with E-state index in [1.165, 1.54) is 12.1 Å². The third kappa shape index (κ3) is 2.12. The molecule has 8 heteroatoms. The maximum absolute atomic E-state index is 12.2. The van der Waals surface area contributed by atoms with Crippen molar-refractivity contribution in [1.82, 2.24) is 15.8 Å². The summed E-state index contributed by atoms with van der Waals surface area (Å²) in [5.74, 6) is -0.0791. The minimum Gasteiger partial charge on any atom is -0.454 e. The van der Waals surface area contributed by atoms with Crippen LogP contribution in [0.1, 0.15) is 30.6 Å². The topological polar surface area (TPSA) is 97.0 Å². The summed E-state index contributed by atoms with van der Waals surface area (Å²) in [6, 6.07) is 3.97. The van der Waals surface area contributed by atoms with Crippen LogP contribution < -0.4 is 20.2 Å². The lowest BCUT2D eigenvalue weighted by atomic mass is 10.00. The van der Waals surface area contributed by atoms with E-state index in [0.717, 1.165) is 0 Å². The number of urea groups is 1. The Balaban J connectivity index is 1.77. The van der Waals surface area contributed by atoms with Gasteiger partial charge in [-0.25, -0.2) is 4.79 Å². The van der Waals surface area contributed by atoms with Crippen LogP contribution >= 0.6 is 0 Å². The number of rotatable bonds is 3. The molecular weight excluding hydrogens is 290 g/mol. The Morgan fingerprint density at radius 1 is 1.36 bits per heavy atom. The van der Waals surface area contributed by atoms with Gasteiger partial charge in [-0.05, 0) is 31.5 Å². The molecule has 3 rings (SSSR count). The molecular formula is C14H15N3O5. The lowest BCUT2D eigenvalue weighted by molar-refractivity contribution is -0.132. The van der Waals surface area contributed by atoms with Crippen LogP contribution in [0.2, 0.25) is 0 Å². The van der Waals surface area contributed by atoms with Gasteiger partial charge < -0.3 is 14.8 Å². The predicted molar refractivity (Wildman–Crippen MR) is 74.1 cm³/mol. The number of nitrogens with zero attached hydrogens (tertiary/aromatic N) is 1. The van der Waals surface area contributed by atoms with Gasteiger partial charge in [0.25, 0.3) is 11.8 Å². The van der Waals surface area contributed by atoms with Crippen LogP contribution in [0.3, 0.4) is 0 Å². The number of ether oxygens (including phenoxy) is 2. The Morgan fingerprint density at radius 3 is 2.77 bits per heavy atom. The van der Waals surface area contributed by atoms with Gasteiger partial charge in [0.15, 0.2) is 11.5 Å². The summed E-state index contributed by atoms with van der Waals surface area (Å²) in [6.45, 7) is 3.49. The number of nitrogens with one attached hydrogen (secondary N) is 2. The maximum Gasteiger partial charge on any atom is 0.344 e. The zero-order chi connectivity index (χ0) is 15.9. The molecule has 2 N–H and O–H groups in total. The molecule has 22 heavy (non-hydrogen) atoms. The average Bonchev–Trinajstić information content (AvgIpc) is 3.05. The fraction of sp³-hybridized carbons (Fsp3) is 0.357. The Bertz CT molecular complexity index is 674. The molecule has 1 aromatic rings. The van der Waals surface area contributed by atoms with Gasteiger partial charge in [0, 0.05) is 5.56 Å². The molecule has 1 unspecified atom stereocenters. The quantitative estimate of drug-likeness (QED) is 0.804. The maximum atomic E-state index is 12.2. The van der Waals surface area contributed by atoms with Crippen LogP contribution in [0.25, 0.3) is 0 Å². The number of hydrazine groups is 1. The third-order valence-electron chi connectivity index (χ3n) is 3.82. The summed E-state index contributed by atoms with van der Waals surface area (Å²) >= 11 is 0. The van der Waals surface area contributed by atoms with Crippen LogP contribution in [-0.4, -0.2) is 35.2 Å². The number of carbonyl (C=O) groups excluding carboxylic acids is 3. The zero-order valence-electron chi connectivity index (χ0n) is 12.1. The Kier molecular flexibility index (Phi) is 3.16. The molecule has 0 bridgehead atoms. The second-order valence-electron chi connectivity index (χ2n) is 5.27.